The van der Waals surface area contributed by atoms with Crippen molar-refractivity contribution in [3.05, 3.63) is 35.6 Å². The number of nitrogens with zero attached hydrogens (tertiary/aromatic N) is 1. The average Bonchev–Trinajstić information content (AvgIpc) is 2.66. The van der Waals surface area contributed by atoms with Crippen LogP contribution in [0.4, 0.5) is 4.39 Å². The highest BCUT2D eigenvalue weighted by Crippen LogP contribution is 2.29. The summed E-state index contributed by atoms with van der Waals surface area (Å²) in [6.07, 6.45) is 0. The number of hydrogen-bond donors (Lipinski definition) is 1. The lowest BCUT2D eigenvalue weighted by molar-refractivity contribution is 0.562. The molecular weight excluding hydrogens is 179 g/mol. The Bertz CT molecular complexity index is 370. The second-order valence-corrected chi connectivity index (χ2v) is 3.52. The summed E-state index contributed by atoms with van der Waals surface area (Å²) in [5, 5.41) is 12.0. The van der Waals surface area contributed by atoms with Crippen LogP contribution in [0.3, 0.4) is 0 Å². The fourth-order valence-corrected chi connectivity index (χ4v) is 1.92. The Hall–Kier alpha value is -1.40. The lowest BCUT2D eigenvalue weighted by atomic mass is 9.90. The Labute approximate surface area is 82.4 Å². The lowest BCUT2D eigenvalue weighted by Crippen LogP contribution is -2.10. The normalized spacial score (nSPS) is 26.0. The predicted octanol–water partition coefficient (Wildman–Crippen LogP) is 1.65. The first-order chi connectivity index (χ1) is 6.83. The van der Waals surface area contributed by atoms with Gasteiger partial charge in [0.25, 0.3) is 0 Å². The smallest absolute Gasteiger partial charge is 0.126 e. The highest BCUT2D eigenvalue weighted by atomic mass is 19.1. The Balaban J connectivity index is 2.31. The number of benzene rings is 1. The Morgan fingerprint density at radius 3 is 2.86 bits per heavy atom. The molecule has 2 rings (SSSR count). The van der Waals surface area contributed by atoms with Crippen molar-refractivity contribution in [1.82, 2.24) is 5.32 Å². The van der Waals surface area contributed by atoms with Gasteiger partial charge in [0.15, 0.2) is 0 Å². The Morgan fingerprint density at radius 2 is 2.14 bits per heavy atom. The zero-order valence-corrected chi connectivity index (χ0v) is 7.70. The van der Waals surface area contributed by atoms with Crippen LogP contribution in [0.15, 0.2) is 24.3 Å². The Morgan fingerprint density at radius 1 is 1.36 bits per heavy atom. The molecule has 1 N–H and O–H groups in total. The topological polar surface area (TPSA) is 35.8 Å². The first-order valence-electron chi connectivity index (χ1n) is 4.67. The molecule has 0 spiro atoms. The fraction of sp³-hybridized carbons (Fsp3) is 0.364. The van der Waals surface area contributed by atoms with E-state index in [0.29, 0.717) is 18.7 Å². The summed E-state index contributed by atoms with van der Waals surface area (Å²) < 4.78 is 13.4. The van der Waals surface area contributed by atoms with E-state index in [1.165, 1.54) is 6.07 Å². The number of nitriles is 1. The van der Waals surface area contributed by atoms with Crippen molar-refractivity contribution in [2.75, 3.05) is 13.1 Å². The minimum atomic E-state index is -0.207. The van der Waals surface area contributed by atoms with Gasteiger partial charge in [0.05, 0.1) is 12.0 Å². The summed E-state index contributed by atoms with van der Waals surface area (Å²) in [6.45, 7) is 1.36. The van der Waals surface area contributed by atoms with Gasteiger partial charge >= 0.3 is 0 Å². The molecule has 14 heavy (non-hydrogen) atoms. The van der Waals surface area contributed by atoms with Gasteiger partial charge in [0.1, 0.15) is 5.82 Å². The van der Waals surface area contributed by atoms with Crippen LogP contribution < -0.4 is 5.32 Å². The predicted molar refractivity (Wildman–Crippen MR) is 51.1 cm³/mol. The highest BCUT2D eigenvalue weighted by Gasteiger charge is 2.29. The van der Waals surface area contributed by atoms with Crippen molar-refractivity contribution in [1.29, 1.82) is 5.26 Å². The summed E-state index contributed by atoms with van der Waals surface area (Å²) in [7, 11) is 0. The van der Waals surface area contributed by atoms with E-state index < -0.39 is 0 Å². The maximum absolute atomic E-state index is 13.4. The van der Waals surface area contributed by atoms with Crippen LogP contribution in [0.25, 0.3) is 0 Å². The molecule has 0 bridgehead atoms. The van der Waals surface area contributed by atoms with Gasteiger partial charge in [-0.1, -0.05) is 18.2 Å². The van der Waals surface area contributed by atoms with E-state index >= 15 is 0 Å². The van der Waals surface area contributed by atoms with E-state index in [4.69, 9.17) is 5.26 Å². The number of nitrogens with one attached hydrogen (secondary N) is 1. The van der Waals surface area contributed by atoms with Gasteiger partial charge in [-0.2, -0.15) is 5.26 Å². The van der Waals surface area contributed by atoms with Crippen molar-refractivity contribution in [3.8, 4) is 6.07 Å². The molecule has 1 heterocycles. The number of hydrogen-bond acceptors (Lipinski definition) is 2. The van der Waals surface area contributed by atoms with E-state index in [1.807, 2.05) is 6.07 Å². The van der Waals surface area contributed by atoms with E-state index in [1.54, 1.807) is 12.1 Å². The zero-order chi connectivity index (χ0) is 9.97. The van der Waals surface area contributed by atoms with Crippen molar-refractivity contribution in [2.45, 2.75) is 5.92 Å². The molecule has 1 aliphatic rings. The number of halogens is 1. The molecular formula is C11H11FN2. The van der Waals surface area contributed by atoms with E-state index in [9.17, 15) is 4.39 Å². The highest BCUT2D eigenvalue weighted by molar-refractivity contribution is 5.26. The largest absolute Gasteiger partial charge is 0.315 e. The van der Waals surface area contributed by atoms with E-state index in [0.717, 1.165) is 0 Å². The van der Waals surface area contributed by atoms with Crippen molar-refractivity contribution in [2.24, 2.45) is 5.92 Å². The molecule has 2 nitrogen and oxygen atoms in total. The van der Waals surface area contributed by atoms with Crippen LogP contribution in [-0.4, -0.2) is 13.1 Å². The molecule has 72 valence electrons. The van der Waals surface area contributed by atoms with Crippen LogP contribution in [0.1, 0.15) is 11.5 Å². The minimum absolute atomic E-state index is 0.00111. The summed E-state index contributed by atoms with van der Waals surface area (Å²) in [5.74, 6) is -0.311. The van der Waals surface area contributed by atoms with Crippen molar-refractivity contribution >= 4 is 0 Å². The van der Waals surface area contributed by atoms with Gasteiger partial charge in [0, 0.05) is 19.0 Å². The average molecular weight is 190 g/mol. The van der Waals surface area contributed by atoms with Gasteiger partial charge in [0.2, 0.25) is 0 Å². The zero-order valence-electron chi connectivity index (χ0n) is 7.70. The van der Waals surface area contributed by atoms with E-state index in [2.05, 4.69) is 11.4 Å². The van der Waals surface area contributed by atoms with Gasteiger partial charge in [-0.25, -0.2) is 4.39 Å². The molecule has 1 saturated heterocycles. The fourth-order valence-electron chi connectivity index (χ4n) is 1.92. The van der Waals surface area contributed by atoms with E-state index in [-0.39, 0.29) is 17.7 Å². The molecule has 1 aliphatic heterocycles. The summed E-state index contributed by atoms with van der Waals surface area (Å²) in [4.78, 5) is 0. The molecule has 0 saturated carbocycles. The third-order valence-electron chi connectivity index (χ3n) is 2.68. The first-order valence-corrected chi connectivity index (χ1v) is 4.67. The van der Waals surface area contributed by atoms with Crippen LogP contribution in [0, 0.1) is 23.1 Å². The SMILES string of the molecule is N#C[C@@H]1CNC[C@H]1c1ccccc1F. The maximum atomic E-state index is 13.4. The first kappa shape index (κ1) is 9.17. The lowest BCUT2D eigenvalue weighted by Gasteiger charge is -2.12. The van der Waals surface area contributed by atoms with Crippen molar-refractivity contribution in [3.63, 3.8) is 0 Å². The van der Waals surface area contributed by atoms with Gasteiger partial charge < -0.3 is 5.32 Å². The molecule has 1 fully saturated rings. The molecule has 0 aromatic heterocycles. The summed E-state index contributed by atoms with van der Waals surface area (Å²) >= 11 is 0. The Kier molecular flexibility index (Phi) is 2.47. The van der Waals surface area contributed by atoms with Gasteiger partial charge in [-0.3, -0.25) is 0 Å². The molecule has 0 radical (unpaired) electrons. The molecule has 0 unspecified atom stereocenters. The maximum Gasteiger partial charge on any atom is 0.126 e. The molecule has 1 aromatic carbocycles. The van der Waals surface area contributed by atoms with Gasteiger partial charge in [-0.15, -0.1) is 0 Å². The standard InChI is InChI=1S/C11H11FN2/c12-11-4-2-1-3-9(11)10-7-14-6-8(10)5-13/h1-4,8,10,14H,6-7H2/t8-,10-/m1/s1. The van der Waals surface area contributed by atoms with Crippen LogP contribution in [-0.2, 0) is 0 Å². The molecule has 2 atom stereocenters. The number of rotatable bonds is 1. The van der Waals surface area contributed by atoms with Crippen LogP contribution in [0.2, 0.25) is 0 Å². The monoisotopic (exact) mass is 190 g/mol. The molecule has 0 amide bonds. The van der Waals surface area contributed by atoms with Crippen LogP contribution in [0.5, 0.6) is 0 Å². The minimum Gasteiger partial charge on any atom is -0.315 e. The molecule has 0 aliphatic carbocycles. The third kappa shape index (κ3) is 1.49. The third-order valence-corrected chi connectivity index (χ3v) is 2.68. The summed E-state index contributed by atoms with van der Waals surface area (Å²) in [5.41, 5.74) is 0.657. The second-order valence-electron chi connectivity index (χ2n) is 3.52. The molecule has 1 aromatic rings. The molecule has 3 heteroatoms. The van der Waals surface area contributed by atoms with Crippen molar-refractivity contribution < 1.29 is 4.39 Å². The second kappa shape index (κ2) is 3.77. The van der Waals surface area contributed by atoms with Crippen LogP contribution >= 0.6 is 0 Å². The summed E-state index contributed by atoms with van der Waals surface area (Å²) in [6, 6.07) is 8.90. The quantitative estimate of drug-likeness (QED) is 0.731. The van der Waals surface area contributed by atoms with Gasteiger partial charge in [-0.05, 0) is 11.6 Å².